The molecule has 0 atom stereocenters. The summed E-state index contributed by atoms with van der Waals surface area (Å²) >= 11 is 7.34. The second kappa shape index (κ2) is 9.30. The van der Waals surface area contributed by atoms with Gasteiger partial charge < -0.3 is 15.4 Å². The summed E-state index contributed by atoms with van der Waals surface area (Å²) in [7, 11) is 0. The number of nitrogens with one attached hydrogen (secondary N) is 2. The smallest absolute Gasteiger partial charge is 0.261 e. The van der Waals surface area contributed by atoms with E-state index in [1.807, 2.05) is 18.4 Å². The van der Waals surface area contributed by atoms with E-state index < -0.39 is 0 Å². The largest absolute Gasteiger partial charge is 0.492 e. The monoisotopic (exact) mass is 366 g/mol. The van der Waals surface area contributed by atoms with E-state index in [4.69, 9.17) is 16.3 Å². The lowest BCUT2D eigenvalue weighted by molar-refractivity contribution is -0.116. The molecular formula is C17H19ClN2O3S. The van der Waals surface area contributed by atoms with Crippen molar-refractivity contribution < 1.29 is 14.3 Å². The number of ether oxygens (including phenoxy) is 1. The molecule has 0 spiro atoms. The third-order valence-corrected chi connectivity index (χ3v) is 4.23. The van der Waals surface area contributed by atoms with Gasteiger partial charge in [-0.25, -0.2) is 0 Å². The number of amides is 2. The number of benzene rings is 1. The van der Waals surface area contributed by atoms with Crippen LogP contribution in [-0.2, 0) is 4.79 Å². The Kier molecular flexibility index (Phi) is 7.08. The van der Waals surface area contributed by atoms with E-state index in [9.17, 15) is 9.59 Å². The lowest BCUT2D eigenvalue weighted by atomic mass is 10.2. The Morgan fingerprint density at radius 1 is 1.29 bits per heavy atom. The second-order valence-electron chi connectivity index (χ2n) is 4.96. The fraction of sp³-hybridized carbons (Fsp3) is 0.294. The van der Waals surface area contributed by atoms with Gasteiger partial charge >= 0.3 is 0 Å². The Balaban J connectivity index is 1.77. The van der Waals surface area contributed by atoms with E-state index in [0.29, 0.717) is 47.3 Å². The van der Waals surface area contributed by atoms with Crippen LogP contribution in [-0.4, -0.2) is 25.0 Å². The molecule has 0 aliphatic heterocycles. The zero-order valence-electron chi connectivity index (χ0n) is 13.3. The van der Waals surface area contributed by atoms with Gasteiger partial charge in [0.05, 0.1) is 17.2 Å². The summed E-state index contributed by atoms with van der Waals surface area (Å²) in [4.78, 5) is 24.5. The third-order valence-electron chi connectivity index (χ3n) is 3.13. The normalized spacial score (nSPS) is 10.2. The molecule has 7 heteroatoms. The molecule has 1 heterocycles. The number of hydrogen-bond acceptors (Lipinski definition) is 4. The fourth-order valence-corrected chi connectivity index (χ4v) is 2.85. The molecule has 0 bridgehead atoms. The molecular weight excluding hydrogens is 348 g/mol. The fourth-order valence-electron chi connectivity index (χ4n) is 2.04. The highest BCUT2D eigenvalue weighted by Crippen LogP contribution is 2.28. The average molecular weight is 367 g/mol. The lowest BCUT2D eigenvalue weighted by Gasteiger charge is -2.12. The van der Waals surface area contributed by atoms with Gasteiger partial charge in [0.1, 0.15) is 5.75 Å². The topological polar surface area (TPSA) is 67.4 Å². The molecule has 128 valence electrons. The highest BCUT2D eigenvalue weighted by Gasteiger charge is 2.10. The zero-order valence-corrected chi connectivity index (χ0v) is 14.9. The molecule has 24 heavy (non-hydrogen) atoms. The summed E-state index contributed by atoms with van der Waals surface area (Å²) in [6.07, 6.45) is 0.844. The number of anilines is 1. The summed E-state index contributed by atoms with van der Waals surface area (Å²) in [6, 6.07) is 8.68. The van der Waals surface area contributed by atoms with Crippen LogP contribution in [0.15, 0.2) is 35.7 Å². The first-order valence-electron chi connectivity index (χ1n) is 7.64. The van der Waals surface area contributed by atoms with E-state index in [-0.39, 0.29) is 11.8 Å². The van der Waals surface area contributed by atoms with Gasteiger partial charge in [0.25, 0.3) is 5.91 Å². The summed E-state index contributed by atoms with van der Waals surface area (Å²) in [6.45, 7) is 2.81. The predicted molar refractivity (Wildman–Crippen MR) is 97.1 cm³/mol. The van der Waals surface area contributed by atoms with Crippen molar-refractivity contribution in [2.75, 3.05) is 18.5 Å². The maximum Gasteiger partial charge on any atom is 0.261 e. The summed E-state index contributed by atoms with van der Waals surface area (Å²) in [5.74, 6) is 0.323. The average Bonchev–Trinajstić information content (AvgIpc) is 3.08. The number of carbonyl (C=O) groups excluding carboxylic acids is 2. The van der Waals surface area contributed by atoms with Gasteiger partial charge in [-0.15, -0.1) is 11.3 Å². The standard InChI is InChI=1S/C17H19ClN2O3S/c1-2-23-14-8-7-12(18)11-13(14)20-16(21)6-3-9-19-17(22)15-5-4-10-24-15/h4-5,7-8,10-11H,2-3,6,9H2,1H3,(H,19,22)(H,20,21). The van der Waals surface area contributed by atoms with Gasteiger partial charge in [-0.1, -0.05) is 17.7 Å². The SMILES string of the molecule is CCOc1ccc(Cl)cc1NC(=O)CCCNC(=O)c1cccs1. The molecule has 0 aliphatic carbocycles. The van der Waals surface area contributed by atoms with Crippen molar-refractivity contribution in [1.29, 1.82) is 0 Å². The molecule has 1 aromatic carbocycles. The van der Waals surface area contributed by atoms with E-state index in [2.05, 4.69) is 10.6 Å². The minimum absolute atomic E-state index is 0.112. The summed E-state index contributed by atoms with van der Waals surface area (Å²) in [5.41, 5.74) is 0.553. The third kappa shape index (κ3) is 5.54. The molecule has 0 fully saturated rings. The van der Waals surface area contributed by atoms with Crippen molar-refractivity contribution in [2.45, 2.75) is 19.8 Å². The Hall–Kier alpha value is -2.05. The van der Waals surface area contributed by atoms with Crippen LogP contribution in [0.2, 0.25) is 5.02 Å². The van der Waals surface area contributed by atoms with Crippen molar-refractivity contribution in [3.63, 3.8) is 0 Å². The first kappa shape index (κ1) is 18.3. The van der Waals surface area contributed by atoms with Gasteiger partial charge in [-0.05, 0) is 43.0 Å². The zero-order chi connectivity index (χ0) is 17.4. The minimum atomic E-state index is -0.149. The molecule has 2 amide bonds. The Morgan fingerprint density at radius 3 is 2.83 bits per heavy atom. The van der Waals surface area contributed by atoms with E-state index >= 15 is 0 Å². The minimum Gasteiger partial charge on any atom is -0.492 e. The maximum atomic E-state index is 12.0. The Labute approximate surface area is 150 Å². The van der Waals surface area contributed by atoms with Crippen LogP contribution in [0.5, 0.6) is 5.75 Å². The summed E-state index contributed by atoms with van der Waals surface area (Å²) in [5, 5.41) is 7.96. The van der Waals surface area contributed by atoms with Crippen LogP contribution in [0, 0.1) is 0 Å². The molecule has 0 unspecified atom stereocenters. The molecule has 5 nitrogen and oxygen atoms in total. The number of hydrogen-bond donors (Lipinski definition) is 2. The second-order valence-corrected chi connectivity index (χ2v) is 6.34. The first-order chi connectivity index (χ1) is 11.6. The van der Waals surface area contributed by atoms with Crippen LogP contribution >= 0.6 is 22.9 Å². The Morgan fingerprint density at radius 2 is 2.12 bits per heavy atom. The van der Waals surface area contributed by atoms with Gasteiger partial charge in [0.15, 0.2) is 0 Å². The van der Waals surface area contributed by atoms with E-state index in [1.165, 1.54) is 11.3 Å². The predicted octanol–water partition coefficient (Wildman–Crippen LogP) is 3.95. The molecule has 2 aromatic rings. The lowest BCUT2D eigenvalue weighted by Crippen LogP contribution is -2.24. The molecule has 0 saturated carbocycles. The van der Waals surface area contributed by atoms with Crippen LogP contribution < -0.4 is 15.4 Å². The molecule has 2 rings (SSSR count). The Bertz CT molecular complexity index is 689. The van der Waals surface area contributed by atoms with Crippen LogP contribution in [0.3, 0.4) is 0 Å². The summed E-state index contributed by atoms with van der Waals surface area (Å²) < 4.78 is 5.46. The molecule has 2 N–H and O–H groups in total. The van der Waals surface area contributed by atoms with E-state index in [0.717, 1.165) is 0 Å². The molecule has 0 aliphatic rings. The highest BCUT2D eigenvalue weighted by atomic mass is 35.5. The number of halogens is 1. The van der Waals surface area contributed by atoms with Gasteiger partial charge in [-0.3, -0.25) is 9.59 Å². The van der Waals surface area contributed by atoms with Gasteiger partial charge in [-0.2, -0.15) is 0 Å². The van der Waals surface area contributed by atoms with Crippen LogP contribution in [0.4, 0.5) is 5.69 Å². The van der Waals surface area contributed by atoms with Crippen molar-refractivity contribution >= 4 is 40.4 Å². The van der Waals surface area contributed by atoms with Crippen LogP contribution in [0.25, 0.3) is 0 Å². The molecule has 0 radical (unpaired) electrons. The number of rotatable bonds is 8. The maximum absolute atomic E-state index is 12.0. The molecule has 0 saturated heterocycles. The number of carbonyl (C=O) groups is 2. The van der Waals surface area contributed by atoms with Crippen molar-refractivity contribution in [3.8, 4) is 5.75 Å². The van der Waals surface area contributed by atoms with Crippen molar-refractivity contribution in [2.24, 2.45) is 0 Å². The van der Waals surface area contributed by atoms with Crippen molar-refractivity contribution in [1.82, 2.24) is 5.32 Å². The van der Waals surface area contributed by atoms with Gasteiger partial charge in [0, 0.05) is 18.0 Å². The molecule has 1 aromatic heterocycles. The van der Waals surface area contributed by atoms with E-state index in [1.54, 1.807) is 24.3 Å². The highest BCUT2D eigenvalue weighted by molar-refractivity contribution is 7.12. The number of thiophene rings is 1. The quantitative estimate of drug-likeness (QED) is 0.695. The first-order valence-corrected chi connectivity index (χ1v) is 8.90. The van der Waals surface area contributed by atoms with Crippen molar-refractivity contribution in [3.05, 3.63) is 45.6 Å². The van der Waals surface area contributed by atoms with Gasteiger partial charge in [0.2, 0.25) is 5.91 Å². The van der Waals surface area contributed by atoms with Crippen LogP contribution in [0.1, 0.15) is 29.4 Å².